The summed E-state index contributed by atoms with van der Waals surface area (Å²) in [5.41, 5.74) is 3.36. The Hall–Kier alpha value is -2.31. The fourth-order valence-corrected chi connectivity index (χ4v) is 5.90. The molecule has 0 spiro atoms. The Bertz CT molecular complexity index is 1330. The van der Waals surface area contributed by atoms with Gasteiger partial charge in [0.25, 0.3) is 0 Å². The summed E-state index contributed by atoms with van der Waals surface area (Å²) in [5, 5.41) is 8.07. The third-order valence-electron chi connectivity index (χ3n) is 5.40. The Labute approximate surface area is 192 Å². The van der Waals surface area contributed by atoms with Gasteiger partial charge in [0.05, 0.1) is 24.2 Å². The molecule has 1 saturated heterocycles. The maximum Gasteiger partial charge on any atom is 0.211 e. The zero-order valence-electron chi connectivity index (χ0n) is 17.4. The van der Waals surface area contributed by atoms with Crippen molar-refractivity contribution in [2.45, 2.75) is 6.04 Å². The highest BCUT2D eigenvalue weighted by Gasteiger charge is 2.39. The largest absolute Gasteiger partial charge is 0.280 e. The zero-order valence-corrected chi connectivity index (χ0v) is 19.8. The smallest absolute Gasteiger partial charge is 0.211 e. The van der Waals surface area contributed by atoms with Crippen molar-refractivity contribution in [3.8, 4) is 22.4 Å². The van der Waals surface area contributed by atoms with Crippen LogP contribution in [0.3, 0.4) is 0 Å². The summed E-state index contributed by atoms with van der Waals surface area (Å²) in [7, 11) is -7.13. The molecule has 1 aromatic carbocycles. The number of aromatic nitrogens is 3. The van der Waals surface area contributed by atoms with Gasteiger partial charge >= 0.3 is 0 Å². The summed E-state index contributed by atoms with van der Waals surface area (Å²) in [5.74, 6) is 0. The Morgan fingerprint density at radius 3 is 2.19 bits per heavy atom. The minimum absolute atomic E-state index is 0.0216. The van der Waals surface area contributed by atoms with Crippen LogP contribution in [0.2, 0.25) is 5.02 Å². The zero-order chi connectivity index (χ0) is 23.1. The molecule has 32 heavy (non-hydrogen) atoms. The molecule has 170 valence electrons. The molecule has 1 aliphatic heterocycles. The van der Waals surface area contributed by atoms with E-state index in [2.05, 4.69) is 15.2 Å². The molecule has 0 radical (unpaired) electrons. The normalized spacial score (nSPS) is 18.7. The van der Waals surface area contributed by atoms with Crippen molar-refractivity contribution in [3.05, 3.63) is 59.5 Å². The number of halogens is 1. The molecule has 1 atom stereocenters. The van der Waals surface area contributed by atoms with E-state index < -0.39 is 26.1 Å². The summed E-state index contributed by atoms with van der Waals surface area (Å²) in [6.45, 7) is 0.110. The molecule has 0 bridgehead atoms. The minimum Gasteiger partial charge on any atom is -0.280 e. The number of piperazine rings is 1. The van der Waals surface area contributed by atoms with Crippen LogP contribution >= 0.6 is 11.6 Å². The first kappa shape index (κ1) is 22.9. The molecular weight excluding hydrogens is 474 g/mol. The number of benzene rings is 1. The van der Waals surface area contributed by atoms with Gasteiger partial charge in [-0.2, -0.15) is 13.7 Å². The average molecular weight is 496 g/mol. The summed E-state index contributed by atoms with van der Waals surface area (Å²) in [6.07, 6.45) is 5.51. The first-order chi connectivity index (χ1) is 15.1. The maximum atomic E-state index is 12.6. The van der Waals surface area contributed by atoms with Crippen LogP contribution in [0, 0.1) is 0 Å². The predicted octanol–water partition coefficient (Wildman–Crippen LogP) is 2.37. The molecule has 1 aliphatic rings. The first-order valence-corrected chi connectivity index (χ1v) is 13.8. The van der Waals surface area contributed by atoms with Gasteiger partial charge in [-0.1, -0.05) is 23.7 Å². The lowest BCUT2D eigenvalue weighted by molar-refractivity contribution is 0.201. The van der Waals surface area contributed by atoms with Crippen LogP contribution in [0.5, 0.6) is 0 Å². The van der Waals surface area contributed by atoms with Crippen molar-refractivity contribution in [2.24, 2.45) is 0 Å². The Morgan fingerprint density at radius 1 is 0.938 bits per heavy atom. The number of hydrogen-bond donors (Lipinski definition) is 1. The van der Waals surface area contributed by atoms with Crippen molar-refractivity contribution >= 4 is 31.6 Å². The summed E-state index contributed by atoms with van der Waals surface area (Å²) in [6, 6.07) is 9.97. The van der Waals surface area contributed by atoms with Crippen molar-refractivity contribution in [2.75, 3.05) is 32.1 Å². The standard InChI is InChI=1S/C20H22ClN5O4S2/c1-31(27,28)25-11-12-26(32(2,29)30)17(13-25)20-18(14-7-9-22-10-8-14)19(23-24-20)15-3-5-16(21)6-4-15/h3-10,17H,11-13H2,1-2H3,(H,23,24). The van der Waals surface area contributed by atoms with E-state index in [0.29, 0.717) is 22.0 Å². The third-order valence-corrected chi connectivity index (χ3v) is 8.21. The molecule has 12 heteroatoms. The SMILES string of the molecule is CS(=O)(=O)N1CCN(S(C)(=O)=O)C(c2[nH]nc(-c3ccc(Cl)cc3)c2-c2ccncc2)C1. The molecule has 1 fully saturated rings. The second kappa shape index (κ2) is 8.56. The minimum atomic E-state index is -3.62. The van der Waals surface area contributed by atoms with Crippen molar-refractivity contribution < 1.29 is 16.8 Å². The molecule has 3 heterocycles. The topological polar surface area (TPSA) is 116 Å². The van der Waals surface area contributed by atoms with E-state index in [4.69, 9.17) is 11.6 Å². The molecule has 3 aromatic rings. The van der Waals surface area contributed by atoms with E-state index in [0.717, 1.165) is 23.6 Å². The third kappa shape index (κ3) is 4.57. The monoisotopic (exact) mass is 495 g/mol. The number of nitrogens with one attached hydrogen (secondary N) is 1. The number of sulfonamides is 2. The molecule has 4 rings (SSSR count). The van der Waals surface area contributed by atoms with Gasteiger partial charge in [-0.3, -0.25) is 10.1 Å². The first-order valence-electron chi connectivity index (χ1n) is 9.72. The summed E-state index contributed by atoms with van der Waals surface area (Å²) in [4.78, 5) is 4.07. The van der Waals surface area contributed by atoms with Crippen LogP contribution in [-0.2, 0) is 20.0 Å². The second-order valence-electron chi connectivity index (χ2n) is 7.61. The number of rotatable bonds is 5. The van der Waals surface area contributed by atoms with Gasteiger partial charge in [-0.05, 0) is 29.8 Å². The van der Waals surface area contributed by atoms with Crippen molar-refractivity contribution in [3.63, 3.8) is 0 Å². The number of nitrogens with zero attached hydrogens (tertiary/aromatic N) is 4. The van der Waals surface area contributed by atoms with Gasteiger partial charge < -0.3 is 0 Å². The van der Waals surface area contributed by atoms with Gasteiger partial charge in [-0.25, -0.2) is 16.8 Å². The van der Waals surface area contributed by atoms with Gasteiger partial charge in [-0.15, -0.1) is 0 Å². The molecule has 9 nitrogen and oxygen atoms in total. The van der Waals surface area contributed by atoms with Gasteiger partial charge in [0.2, 0.25) is 20.0 Å². The van der Waals surface area contributed by atoms with Crippen LogP contribution < -0.4 is 0 Å². The van der Waals surface area contributed by atoms with Gasteiger partial charge in [0.15, 0.2) is 0 Å². The molecule has 1 unspecified atom stereocenters. The second-order valence-corrected chi connectivity index (χ2v) is 12.0. The molecule has 0 amide bonds. The quantitative estimate of drug-likeness (QED) is 0.580. The lowest BCUT2D eigenvalue weighted by Gasteiger charge is -2.38. The molecule has 0 aliphatic carbocycles. The fourth-order valence-electron chi connectivity index (χ4n) is 3.90. The molecular formula is C20H22ClN5O4S2. The Balaban J connectivity index is 1.91. The molecule has 2 aromatic heterocycles. The van der Waals surface area contributed by atoms with Gasteiger partial charge in [0.1, 0.15) is 5.69 Å². The van der Waals surface area contributed by atoms with E-state index in [-0.39, 0.29) is 19.6 Å². The lowest BCUT2D eigenvalue weighted by atomic mass is 9.96. The number of H-pyrrole nitrogens is 1. The summed E-state index contributed by atoms with van der Waals surface area (Å²) < 4.78 is 52.3. The Kier molecular flexibility index (Phi) is 6.12. The highest BCUT2D eigenvalue weighted by Crippen LogP contribution is 2.39. The Morgan fingerprint density at radius 2 is 1.59 bits per heavy atom. The lowest BCUT2D eigenvalue weighted by Crippen LogP contribution is -2.51. The van der Waals surface area contributed by atoms with E-state index in [9.17, 15) is 16.8 Å². The van der Waals surface area contributed by atoms with Crippen LogP contribution in [0.25, 0.3) is 22.4 Å². The number of pyridine rings is 1. The van der Waals surface area contributed by atoms with Crippen LogP contribution in [0.4, 0.5) is 0 Å². The highest BCUT2D eigenvalue weighted by molar-refractivity contribution is 7.88. The van der Waals surface area contributed by atoms with E-state index in [1.807, 2.05) is 12.1 Å². The van der Waals surface area contributed by atoms with Crippen LogP contribution in [-0.4, -0.2) is 72.8 Å². The maximum absolute atomic E-state index is 12.6. The van der Waals surface area contributed by atoms with E-state index in [1.165, 1.54) is 8.61 Å². The fraction of sp³-hybridized carbons (Fsp3) is 0.300. The van der Waals surface area contributed by atoms with Gasteiger partial charge in [0, 0.05) is 48.2 Å². The van der Waals surface area contributed by atoms with Crippen molar-refractivity contribution in [1.82, 2.24) is 23.8 Å². The van der Waals surface area contributed by atoms with Crippen molar-refractivity contribution in [1.29, 1.82) is 0 Å². The number of hydrogen-bond acceptors (Lipinski definition) is 6. The highest BCUT2D eigenvalue weighted by atomic mass is 35.5. The number of aromatic amines is 1. The molecule has 1 N–H and O–H groups in total. The summed E-state index contributed by atoms with van der Waals surface area (Å²) >= 11 is 6.04. The van der Waals surface area contributed by atoms with Crippen LogP contribution in [0.15, 0.2) is 48.8 Å². The average Bonchev–Trinajstić information content (AvgIpc) is 3.18. The van der Waals surface area contributed by atoms with Crippen LogP contribution in [0.1, 0.15) is 11.7 Å². The van der Waals surface area contributed by atoms with E-state index in [1.54, 1.807) is 36.7 Å². The van der Waals surface area contributed by atoms with E-state index >= 15 is 0 Å². The molecule has 0 saturated carbocycles. The predicted molar refractivity (Wildman–Crippen MR) is 123 cm³/mol.